The van der Waals surface area contributed by atoms with Crippen LogP contribution in [0.15, 0.2) is 30.3 Å². The normalized spacial score (nSPS) is 20.2. The van der Waals surface area contributed by atoms with E-state index in [0.29, 0.717) is 26.3 Å². The lowest BCUT2D eigenvalue weighted by molar-refractivity contribution is -0.139. The van der Waals surface area contributed by atoms with E-state index in [9.17, 15) is 4.79 Å². The predicted molar refractivity (Wildman–Crippen MR) is 92.6 cm³/mol. The first-order chi connectivity index (χ1) is 12.2. The quantitative estimate of drug-likeness (QED) is 0.838. The number of amides is 1. The van der Waals surface area contributed by atoms with Crippen molar-refractivity contribution >= 4 is 5.91 Å². The maximum Gasteiger partial charge on any atom is 0.226 e. The Labute approximate surface area is 147 Å². The van der Waals surface area contributed by atoms with Crippen molar-refractivity contribution in [2.45, 2.75) is 38.3 Å². The van der Waals surface area contributed by atoms with Crippen molar-refractivity contribution in [1.29, 1.82) is 0 Å². The minimum absolute atomic E-state index is 0.122. The summed E-state index contributed by atoms with van der Waals surface area (Å²) in [4.78, 5) is 14.6. The van der Waals surface area contributed by atoms with Crippen molar-refractivity contribution in [3.63, 3.8) is 0 Å². The van der Waals surface area contributed by atoms with Crippen LogP contribution in [0.1, 0.15) is 42.1 Å². The van der Waals surface area contributed by atoms with Gasteiger partial charge in [0.25, 0.3) is 0 Å². The summed E-state index contributed by atoms with van der Waals surface area (Å²) >= 11 is 0. The molecule has 6 nitrogen and oxygen atoms in total. The van der Waals surface area contributed by atoms with Crippen LogP contribution < -0.4 is 0 Å². The number of rotatable bonds is 5. The summed E-state index contributed by atoms with van der Waals surface area (Å²) in [6, 6.07) is 10.2. The Bertz CT molecular complexity index is 739. The molecule has 0 unspecified atom stereocenters. The zero-order valence-electron chi connectivity index (χ0n) is 14.6. The van der Waals surface area contributed by atoms with E-state index in [1.165, 1.54) is 6.42 Å². The fourth-order valence-electron chi connectivity index (χ4n) is 3.72. The van der Waals surface area contributed by atoms with Crippen molar-refractivity contribution in [2.75, 3.05) is 13.2 Å². The fraction of sp³-hybridized carbons (Fsp3) is 0.526. The van der Waals surface area contributed by atoms with E-state index in [1.54, 1.807) is 0 Å². The lowest BCUT2D eigenvalue weighted by Crippen LogP contribution is -2.44. The van der Waals surface area contributed by atoms with Crippen LogP contribution in [0.25, 0.3) is 0 Å². The highest BCUT2D eigenvalue weighted by molar-refractivity contribution is 5.79. The van der Waals surface area contributed by atoms with Crippen LogP contribution in [-0.4, -0.2) is 39.0 Å². The van der Waals surface area contributed by atoms with Gasteiger partial charge in [-0.2, -0.15) is 0 Å². The van der Waals surface area contributed by atoms with E-state index in [-0.39, 0.29) is 17.7 Å². The molecule has 1 aromatic carbocycles. The summed E-state index contributed by atoms with van der Waals surface area (Å²) in [6.45, 7) is 2.41. The highest BCUT2D eigenvalue weighted by Crippen LogP contribution is 2.33. The first-order valence-corrected chi connectivity index (χ1v) is 9.01. The van der Waals surface area contributed by atoms with Crippen LogP contribution in [0, 0.1) is 5.92 Å². The van der Waals surface area contributed by atoms with Gasteiger partial charge in [0.05, 0.1) is 25.5 Å². The summed E-state index contributed by atoms with van der Waals surface area (Å²) < 4.78 is 7.79. The zero-order valence-corrected chi connectivity index (χ0v) is 14.6. The molecule has 1 atom stereocenters. The van der Waals surface area contributed by atoms with Gasteiger partial charge in [0.2, 0.25) is 5.91 Å². The van der Waals surface area contributed by atoms with Crippen LogP contribution in [0.4, 0.5) is 0 Å². The van der Waals surface area contributed by atoms with E-state index in [0.717, 1.165) is 29.8 Å². The van der Waals surface area contributed by atoms with E-state index in [4.69, 9.17) is 4.74 Å². The van der Waals surface area contributed by atoms with Gasteiger partial charge in [0.15, 0.2) is 0 Å². The Morgan fingerprint density at radius 3 is 2.80 bits per heavy atom. The Morgan fingerprint density at radius 2 is 2.08 bits per heavy atom. The molecule has 0 spiro atoms. The molecule has 1 aromatic heterocycles. The van der Waals surface area contributed by atoms with E-state index in [2.05, 4.69) is 22.4 Å². The number of fused-ring (bicyclic) bond motifs is 1. The van der Waals surface area contributed by atoms with Crippen molar-refractivity contribution in [3.8, 4) is 0 Å². The summed E-state index contributed by atoms with van der Waals surface area (Å²) in [5.41, 5.74) is 3.17. The molecule has 1 saturated carbocycles. The number of hydrogen-bond donors (Lipinski definition) is 0. The third-order valence-electron chi connectivity index (χ3n) is 5.31. The molecule has 2 heterocycles. The smallest absolute Gasteiger partial charge is 0.226 e. The number of nitrogens with zero attached hydrogens (tertiary/aromatic N) is 4. The lowest BCUT2D eigenvalue weighted by atomic mass is 9.83. The largest absolute Gasteiger partial charge is 0.376 e. The van der Waals surface area contributed by atoms with Gasteiger partial charge in [-0.15, -0.1) is 5.10 Å². The van der Waals surface area contributed by atoms with Crippen LogP contribution in [-0.2, 0) is 29.7 Å². The third-order valence-corrected chi connectivity index (χ3v) is 5.31. The number of hydrogen-bond acceptors (Lipinski definition) is 4. The maximum atomic E-state index is 12.7. The molecular weight excluding hydrogens is 316 g/mol. The average Bonchev–Trinajstić information content (AvgIpc) is 2.95. The van der Waals surface area contributed by atoms with Gasteiger partial charge in [0.1, 0.15) is 5.69 Å². The summed E-state index contributed by atoms with van der Waals surface area (Å²) in [7, 11) is 1.92. The van der Waals surface area contributed by atoms with Crippen LogP contribution >= 0.6 is 0 Å². The molecule has 2 aromatic rings. The van der Waals surface area contributed by atoms with Crippen molar-refractivity contribution < 1.29 is 9.53 Å². The van der Waals surface area contributed by atoms with Gasteiger partial charge in [-0.1, -0.05) is 42.0 Å². The van der Waals surface area contributed by atoms with Crippen molar-refractivity contribution in [3.05, 3.63) is 47.3 Å². The molecule has 1 aliphatic carbocycles. The molecule has 1 fully saturated rings. The fourth-order valence-corrected chi connectivity index (χ4v) is 3.72. The molecule has 0 N–H and O–H groups in total. The van der Waals surface area contributed by atoms with E-state index in [1.807, 2.05) is 34.8 Å². The van der Waals surface area contributed by atoms with Gasteiger partial charge < -0.3 is 9.64 Å². The molecule has 1 aliphatic heterocycles. The molecule has 0 bridgehead atoms. The van der Waals surface area contributed by atoms with Crippen LogP contribution in [0.2, 0.25) is 0 Å². The van der Waals surface area contributed by atoms with Crippen LogP contribution in [0.3, 0.4) is 0 Å². The summed E-state index contributed by atoms with van der Waals surface area (Å²) in [5.74, 6) is 0.608. The molecular formula is C19H24N4O2. The second-order valence-corrected chi connectivity index (χ2v) is 7.09. The summed E-state index contributed by atoms with van der Waals surface area (Å²) in [5, 5.41) is 8.43. The topological polar surface area (TPSA) is 60.2 Å². The van der Waals surface area contributed by atoms with Gasteiger partial charge in [-0.25, -0.2) is 0 Å². The molecule has 132 valence electrons. The minimum Gasteiger partial charge on any atom is -0.376 e. The van der Waals surface area contributed by atoms with Gasteiger partial charge in [0, 0.05) is 25.4 Å². The molecule has 4 rings (SSSR count). The molecule has 1 amide bonds. The Kier molecular flexibility index (Phi) is 4.53. The minimum atomic E-state index is 0.122. The third kappa shape index (κ3) is 3.31. The maximum absolute atomic E-state index is 12.7. The molecule has 0 saturated heterocycles. The van der Waals surface area contributed by atoms with Gasteiger partial charge in [-0.3, -0.25) is 9.48 Å². The lowest BCUT2D eigenvalue weighted by Gasteiger charge is -2.36. The SMILES string of the molecule is Cn1nnc2c1[C@@H](COCc1ccccc1)CN(C(=O)C1CCC1)C2. The number of carbonyl (C=O) groups is 1. The second kappa shape index (κ2) is 6.96. The first-order valence-electron chi connectivity index (χ1n) is 9.01. The van der Waals surface area contributed by atoms with Crippen LogP contribution in [0.5, 0.6) is 0 Å². The molecule has 25 heavy (non-hydrogen) atoms. The van der Waals surface area contributed by atoms with Crippen molar-refractivity contribution in [1.82, 2.24) is 19.9 Å². The van der Waals surface area contributed by atoms with E-state index >= 15 is 0 Å². The Balaban J connectivity index is 1.45. The number of aromatic nitrogens is 3. The standard InChI is InChI=1S/C19H24N4O2/c1-22-18-16(13-25-12-14-6-3-2-4-7-14)10-23(11-17(18)20-21-22)19(24)15-8-5-9-15/h2-4,6-7,15-16H,5,8-13H2,1H3/t16-/m1/s1. The van der Waals surface area contributed by atoms with Gasteiger partial charge in [-0.05, 0) is 18.4 Å². The molecule has 2 aliphatic rings. The Hall–Kier alpha value is -2.21. The number of aryl methyl sites for hydroxylation is 1. The predicted octanol–water partition coefficient (Wildman–Crippen LogP) is 2.26. The monoisotopic (exact) mass is 340 g/mol. The van der Waals surface area contributed by atoms with Gasteiger partial charge >= 0.3 is 0 Å². The van der Waals surface area contributed by atoms with E-state index < -0.39 is 0 Å². The zero-order chi connectivity index (χ0) is 17.2. The number of carbonyl (C=O) groups excluding carboxylic acids is 1. The molecule has 6 heteroatoms. The highest BCUT2D eigenvalue weighted by atomic mass is 16.5. The second-order valence-electron chi connectivity index (χ2n) is 7.09. The first kappa shape index (κ1) is 16.3. The number of ether oxygens (including phenoxy) is 1. The highest BCUT2D eigenvalue weighted by Gasteiger charge is 2.36. The summed E-state index contributed by atoms with van der Waals surface area (Å²) in [6.07, 6.45) is 3.22. The van der Waals surface area contributed by atoms with Crippen molar-refractivity contribution in [2.24, 2.45) is 13.0 Å². The average molecular weight is 340 g/mol. The number of benzene rings is 1. The molecule has 0 radical (unpaired) electrons. The Morgan fingerprint density at radius 1 is 1.28 bits per heavy atom.